The number of ether oxygens (including phenoxy) is 1. The number of sulfone groups is 1. The molecule has 0 aliphatic carbocycles. The van der Waals surface area contributed by atoms with Gasteiger partial charge < -0.3 is 10.1 Å². The number of nitrogens with one attached hydrogen (secondary N) is 1. The van der Waals surface area contributed by atoms with E-state index < -0.39 is 33.7 Å². The molecule has 1 aliphatic rings. The second kappa shape index (κ2) is 7.12. The molecule has 1 N–H and O–H groups in total. The van der Waals surface area contributed by atoms with Crippen molar-refractivity contribution >= 4 is 27.4 Å². The van der Waals surface area contributed by atoms with E-state index in [-0.39, 0.29) is 17.9 Å². The molecular weight excluding hydrogens is 318 g/mol. The van der Waals surface area contributed by atoms with E-state index >= 15 is 0 Å². The maximum atomic E-state index is 12.0. The summed E-state index contributed by atoms with van der Waals surface area (Å²) >= 11 is 0. The van der Waals surface area contributed by atoms with Crippen LogP contribution in [0.2, 0.25) is 0 Å². The first kappa shape index (κ1) is 17.5. The zero-order valence-electron chi connectivity index (χ0n) is 13.2. The number of esters is 1. The van der Waals surface area contributed by atoms with Crippen LogP contribution in [0.5, 0.6) is 0 Å². The van der Waals surface area contributed by atoms with Gasteiger partial charge in [-0.1, -0.05) is 19.1 Å². The topological polar surface area (TPSA) is 89.5 Å². The van der Waals surface area contributed by atoms with E-state index in [2.05, 4.69) is 5.32 Å². The van der Waals surface area contributed by atoms with Gasteiger partial charge in [0.05, 0.1) is 17.4 Å². The highest BCUT2D eigenvalue weighted by molar-refractivity contribution is 7.91. The Labute approximate surface area is 136 Å². The first-order valence-corrected chi connectivity index (χ1v) is 9.43. The number of carbonyl (C=O) groups excluding carboxylic acids is 2. The fourth-order valence-corrected chi connectivity index (χ4v) is 4.10. The summed E-state index contributed by atoms with van der Waals surface area (Å²) in [5.41, 5.74) is 1.78. The maximum Gasteiger partial charge on any atom is 0.310 e. The van der Waals surface area contributed by atoms with Crippen LogP contribution >= 0.6 is 0 Å². The van der Waals surface area contributed by atoms with E-state index in [1.165, 1.54) is 6.92 Å². The molecule has 2 atom stereocenters. The first-order chi connectivity index (χ1) is 10.8. The van der Waals surface area contributed by atoms with Gasteiger partial charge in [-0.15, -0.1) is 0 Å². The number of anilines is 1. The summed E-state index contributed by atoms with van der Waals surface area (Å²) in [6.07, 6.45) is 0.192. The molecule has 1 fully saturated rings. The van der Waals surface area contributed by atoms with Crippen molar-refractivity contribution in [1.82, 2.24) is 0 Å². The predicted molar refractivity (Wildman–Crippen MR) is 86.8 cm³/mol. The minimum absolute atomic E-state index is 0.00286. The predicted octanol–water partition coefficient (Wildman–Crippen LogP) is 1.55. The van der Waals surface area contributed by atoms with Gasteiger partial charge in [-0.05, 0) is 37.5 Å². The Morgan fingerprint density at radius 3 is 2.48 bits per heavy atom. The van der Waals surface area contributed by atoms with Crippen molar-refractivity contribution in [3.8, 4) is 0 Å². The molecule has 126 valence electrons. The summed E-state index contributed by atoms with van der Waals surface area (Å²) < 4.78 is 27.8. The van der Waals surface area contributed by atoms with Gasteiger partial charge in [-0.3, -0.25) is 9.59 Å². The Morgan fingerprint density at radius 1 is 1.30 bits per heavy atom. The van der Waals surface area contributed by atoms with Gasteiger partial charge in [0.15, 0.2) is 15.9 Å². The number of hydrogen-bond donors (Lipinski definition) is 1. The molecule has 1 saturated heterocycles. The van der Waals surface area contributed by atoms with Crippen LogP contribution in [0.3, 0.4) is 0 Å². The SMILES string of the molecule is CCc1ccc(NC(=O)[C@H](C)OC(=O)[C@@H]2CCS(=O)(=O)C2)cc1. The number of amides is 1. The van der Waals surface area contributed by atoms with E-state index in [1.54, 1.807) is 12.1 Å². The van der Waals surface area contributed by atoms with Gasteiger partial charge in [-0.2, -0.15) is 0 Å². The molecule has 1 aliphatic heterocycles. The van der Waals surface area contributed by atoms with Gasteiger partial charge in [0, 0.05) is 5.69 Å². The van der Waals surface area contributed by atoms with Crippen molar-refractivity contribution in [1.29, 1.82) is 0 Å². The van der Waals surface area contributed by atoms with Gasteiger partial charge in [0.2, 0.25) is 0 Å². The van der Waals surface area contributed by atoms with E-state index in [1.807, 2.05) is 19.1 Å². The van der Waals surface area contributed by atoms with Crippen LogP contribution < -0.4 is 5.32 Å². The summed E-state index contributed by atoms with van der Waals surface area (Å²) in [7, 11) is -3.15. The first-order valence-electron chi connectivity index (χ1n) is 7.61. The van der Waals surface area contributed by atoms with Crippen LogP contribution in [-0.4, -0.2) is 37.9 Å². The number of hydrogen-bond acceptors (Lipinski definition) is 5. The third kappa shape index (κ3) is 4.79. The molecule has 0 spiro atoms. The van der Waals surface area contributed by atoms with Crippen LogP contribution in [-0.2, 0) is 30.6 Å². The van der Waals surface area contributed by atoms with Crippen molar-refractivity contribution in [2.24, 2.45) is 5.92 Å². The van der Waals surface area contributed by atoms with Crippen LogP contribution in [0.4, 0.5) is 5.69 Å². The number of carbonyl (C=O) groups is 2. The van der Waals surface area contributed by atoms with Gasteiger partial charge in [-0.25, -0.2) is 8.42 Å². The lowest BCUT2D eigenvalue weighted by molar-refractivity contribution is -0.156. The van der Waals surface area contributed by atoms with Gasteiger partial charge >= 0.3 is 5.97 Å². The molecule has 0 radical (unpaired) electrons. The summed E-state index contributed by atoms with van der Waals surface area (Å²) in [5.74, 6) is -1.94. The molecule has 2 rings (SSSR count). The van der Waals surface area contributed by atoms with Gasteiger partial charge in [0.25, 0.3) is 5.91 Å². The maximum absolute atomic E-state index is 12.0. The summed E-state index contributed by atoms with van der Waals surface area (Å²) in [5, 5.41) is 2.67. The minimum atomic E-state index is -3.15. The zero-order valence-corrected chi connectivity index (χ0v) is 14.1. The van der Waals surface area contributed by atoms with Crippen LogP contribution in [0, 0.1) is 5.92 Å². The number of rotatable bonds is 5. The van der Waals surface area contributed by atoms with Crippen molar-refractivity contribution in [2.45, 2.75) is 32.8 Å². The molecule has 1 aromatic carbocycles. The standard InChI is InChI=1S/C16H21NO5S/c1-3-12-4-6-14(7-5-12)17-15(18)11(2)22-16(19)13-8-9-23(20,21)10-13/h4-7,11,13H,3,8-10H2,1-2H3,(H,17,18)/t11-,13+/m0/s1. The Hall–Kier alpha value is -1.89. The average Bonchev–Trinajstić information content (AvgIpc) is 2.88. The Morgan fingerprint density at radius 2 is 1.96 bits per heavy atom. The number of benzene rings is 1. The third-order valence-electron chi connectivity index (χ3n) is 3.86. The molecule has 7 heteroatoms. The molecule has 1 amide bonds. The number of aryl methyl sites for hydroxylation is 1. The minimum Gasteiger partial charge on any atom is -0.452 e. The second-order valence-corrected chi connectivity index (χ2v) is 7.95. The monoisotopic (exact) mass is 339 g/mol. The second-order valence-electron chi connectivity index (χ2n) is 5.72. The summed E-state index contributed by atoms with van der Waals surface area (Å²) in [6, 6.07) is 7.40. The third-order valence-corrected chi connectivity index (χ3v) is 5.63. The van der Waals surface area contributed by atoms with Crippen molar-refractivity contribution < 1.29 is 22.7 Å². The smallest absolute Gasteiger partial charge is 0.310 e. The Bertz CT molecular complexity index is 681. The fourth-order valence-electron chi connectivity index (χ4n) is 2.37. The average molecular weight is 339 g/mol. The quantitative estimate of drug-likeness (QED) is 0.822. The van der Waals surface area contributed by atoms with E-state index in [0.717, 1.165) is 12.0 Å². The van der Waals surface area contributed by atoms with Crippen LogP contribution in [0.15, 0.2) is 24.3 Å². The molecular formula is C16H21NO5S. The molecule has 1 aromatic rings. The lowest BCUT2D eigenvalue weighted by Gasteiger charge is -2.15. The van der Waals surface area contributed by atoms with Crippen LogP contribution in [0.25, 0.3) is 0 Å². The molecule has 0 aromatic heterocycles. The molecule has 0 unspecified atom stereocenters. The lowest BCUT2D eigenvalue weighted by atomic mass is 10.1. The van der Waals surface area contributed by atoms with E-state index in [0.29, 0.717) is 5.69 Å². The normalized spacial score (nSPS) is 20.7. The highest BCUT2D eigenvalue weighted by Crippen LogP contribution is 2.20. The highest BCUT2D eigenvalue weighted by atomic mass is 32.2. The highest BCUT2D eigenvalue weighted by Gasteiger charge is 2.35. The summed E-state index contributed by atoms with van der Waals surface area (Å²) in [6.45, 7) is 3.51. The van der Waals surface area contributed by atoms with Crippen molar-refractivity contribution in [3.05, 3.63) is 29.8 Å². The van der Waals surface area contributed by atoms with Gasteiger partial charge in [0.1, 0.15) is 0 Å². The fraction of sp³-hybridized carbons (Fsp3) is 0.500. The molecule has 0 bridgehead atoms. The Balaban J connectivity index is 1.88. The molecule has 23 heavy (non-hydrogen) atoms. The zero-order chi connectivity index (χ0) is 17.0. The Kier molecular flexibility index (Phi) is 5.41. The molecule has 1 heterocycles. The molecule has 6 nitrogen and oxygen atoms in total. The van der Waals surface area contributed by atoms with Crippen LogP contribution in [0.1, 0.15) is 25.8 Å². The molecule has 0 saturated carbocycles. The lowest BCUT2D eigenvalue weighted by Crippen LogP contribution is -2.32. The van der Waals surface area contributed by atoms with E-state index in [4.69, 9.17) is 4.74 Å². The largest absolute Gasteiger partial charge is 0.452 e. The summed E-state index contributed by atoms with van der Waals surface area (Å²) in [4.78, 5) is 24.0. The van der Waals surface area contributed by atoms with E-state index in [9.17, 15) is 18.0 Å². The van der Waals surface area contributed by atoms with Crippen molar-refractivity contribution in [2.75, 3.05) is 16.8 Å². The van der Waals surface area contributed by atoms with Crippen molar-refractivity contribution in [3.63, 3.8) is 0 Å².